The molecule has 0 aliphatic rings. The summed E-state index contributed by atoms with van der Waals surface area (Å²) in [4.78, 5) is 4.35. The first kappa shape index (κ1) is 13.2. The Morgan fingerprint density at radius 2 is 2.31 bits per heavy atom. The van der Waals surface area contributed by atoms with Crippen LogP contribution < -0.4 is 5.73 Å². The van der Waals surface area contributed by atoms with Gasteiger partial charge in [-0.3, -0.25) is 0 Å². The van der Waals surface area contributed by atoms with Gasteiger partial charge in [0.2, 0.25) is 0 Å². The van der Waals surface area contributed by atoms with E-state index in [-0.39, 0.29) is 6.04 Å². The van der Waals surface area contributed by atoms with Crippen LogP contribution in [0.4, 0.5) is 0 Å². The summed E-state index contributed by atoms with van der Waals surface area (Å²) < 4.78 is 7.49. The van der Waals surface area contributed by atoms with Gasteiger partial charge in [-0.1, -0.05) is 6.92 Å². The average molecular weight is 225 g/mol. The zero-order valence-corrected chi connectivity index (χ0v) is 10.4. The Kier molecular flexibility index (Phi) is 6.11. The monoisotopic (exact) mass is 225 g/mol. The molecule has 0 amide bonds. The molecular formula is C12H23N3O. The number of aromatic nitrogens is 2. The number of rotatable bonds is 8. The van der Waals surface area contributed by atoms with Gasteiger partial charge < -0.3 is 15.0 Å². The third kappa shape index (κ3) is 4.33. The van der Waals surface area contributed by atoms with Crippen LogP contribution in [0.25, 0.3) is 0 Å². The van der Waals surface area contributed by atoms with E-state index in [1.165, 1.54) is 0 Å². The van der Waals surface area contributed by atoms with Gasteiger partial charge in [0, 0.05) is 44.6 Å². The molecule has 1 atom stereocenters. The zero-order valence-electron chi connectivity index (χ0n) is 10.4. The Morgan fingerprint density at radius 1 is 1.50 bits per heavy atom. The molecule has 4 heteroatoms. The lowest BCUT2D eigenvalue weighted by molar-refractivity contribution is 0.141. The molecule has 1 unspecified atom stereocenters. The Morgan fingerprint density at radius 3 is 3.00 bits per heavy atom. The summed E-state index contributed by atoms with van der Waals surface area (Å²) >= 11 is 0. The summed E-state index contributed by atoms with van der Waals surface area (Å²) in [5, 5.41) is 0. The smallest absolute Gasteiger partial charge is 0.110 e. The molecule has 0 aliphatic heterocycles. The van der Waals surface area contributed by atoms with Crippen molar-refractivity contribution in [1.29, 1.82) is 0 Å². The number of hydrogen-bond donors (Lipinski definition) is 1. The Bertz CT molecular complexity index is 286. The van der Waals surface area contributed by atoms with Crippen LogP contribution in [0.3, 0.4) is 0 Å². The minimum absolute atomic E-state index is 0.216. The molecule has 1 heterocycles. The molecule has 0 saturated heterocycles. The van der Waals surface area contributed by atoms with Crippen molar-refractivity contribution < 1.29 is 4.74 Å². The second kappa shape index (κ2) is 7.41. The molecule has 1 aromatic heterocycles. The van der Waals surface area contributed by atoms with Gasteiger partial charge in [-0.05, 0) is 19.8 Å². The second-order valence-corrected chi connectivity index (χ2v) is 3.96. The van der Waals surface area contributed by atoms with Crippen molar-refractivity contribution >= 4 is 0 Å². The highest BCUT2D eigenvalue weighted by molar-refractivity contribution is 4.94. The highest BCUT2D eigenvalue weighted by Gasteiger charge is 2.07. The fourth-order valence-corrected chi connectivity index (χ4v) is 1.59. The summed E-state index contributed by atoms with van der Waals surface area (Å²) in [5.41, 5.74) is 5.93. The summed E-state index contributed by atoms with van der Waals surface area (Å²) in [6, 6.07) is 0.216. The second-order valence-electron chi connectivity index (χ2n) is 3.96. The Labute approximate surface area is 97.8 Å². The maximum atomic E-state index is 5.93. The maximum absolute atomic E-state index is 5.93. The molecule has 0 spiro atoms. The van der Waals surface area contributed by atoms with E-state index < -0.39 is 0 Å². The Balaban J connectivity index is 2.38. The van der Waals surface area contributed by atoms with Crippen molar-refractivity contribution in [1.82, 2.24) is 9.55 Å². The van der Waals surface area contributed by atoms with E-state index in [1.807, 2.05) is 19.3 Å². The number of ether oxygens (including phenoxy) is 1. The van der Waals surface area contributed by atoms with Gasteiger partial charge in [0.05, 0.1) is 0 Å². The van der Waals surface area contributed by atoms with Gasteiger partial charge in [0.25, 0.3) is 0 Å². The molecule has 16 heavy (non-hydrogen) atoms. The van der Waals surface area contributed by atoms with Crippen LogP contribution in [0.1, 0.15) is 32.5 Å². The molecule has 4 nitrogen and oxygen atoms in total. The number of hydrogen-bond acceptors (Lipinski definition) is 3. The lowest BCUT2D eigenvalue weighted by Crippen LogP contribution is -2.23. The van der Waals surface area contributed by atoms with E-state index in [0.717, 1.165) is 44.8 Å². The van der Waals surface area contributed by atoms with Gasteiger partial charge in [-0.2, -0.15) is 0 Å². The lowest BCUT2D eigenvalue weighted by atomic mass is 10.1. The van der Waals surface area contributed by atoms with Gasteiger partial charge >= 0.3 is 0 Å². The molecule has 92 valence electrons. The van der Waals surface area contributed by atoms with Crippen LogP contribution in [0.5, 0.6) is 0 Å². The highest BCUT2D eigenvalue weighted by Crippen LogP contribution is 2.04. The van der Waals surface area contributed by atoms with Gasteiger partial charge in [-0.25, -0.2) is 4.98 Å². The summed E-state index contributed by atoms with van der Waals surface area (Å²) in [5.74, 6) is 1.09. The summed E-state index contributed by atoms with van der Waals surface area (Å²) in [6.45, 7) is 6.69. The summed E-state index contributed by atoms with van der Waals surface area (Å²) in [6.07, 6.45) is 6.74. The normalized spacial score (nSPS) is 12.9. The molecule has 1 rings (SSSR count). The average Bonchev–Trinajstić information content (AvgIpc) is 2.72. The van der Waals surface area contributed by atoms with E-state index in [9.17, 15) is 0 Å². The fraction of sp³-hybridized carbons (Fsp3) is 0.750. The molecular weight excluding hydrogens is 202 g/mol. The van der Waals surface area contributed by atoms with Crippen molar-refractivity contribution in [2.24, 2.45) is 5.73 Å². The Hall–Kier alpha value is -0.870. The molecule has 2 N–H and O–H groups in total. The number of nitrogens with two attached hydrogens (primary N) is 1. The lowest BCUT2D eigenvalue weighted by Gasteiger charge is -2.11. The van der Waals surface area contributed by atoms with Gasteiger partial charge in [0.15, 0.2) is 0 Å². The van der Waals surface area contributed by atoms with Crippen LogP contribution in [-0.4, -0.2) is 28.8 Å². The van der Waals surface area contributed by atoms with Crippen LogP contribution in [-0.2, 0) is 17.7 Å². The first-order valence-electron chi connectivity index (χ1n) is 6.11. The van der Waals surface area contributed by atoms with Gasteiger partial charge in [0.1, 0.15) is 5.82 Å². The zero-order chi connectivity index (χ0) is 11.8. The van der Waals surface area contributed by atoms with Crippen molar-refractivity contribution in [2.45, 2.75) is 45.7 Å². The molecule has 0 radical (unpaired) electrons. The topological polar surface area (TPSA) is 53.1 Å². The van der Waals surface area contributed by atoms with Crippen LogP contribution in [0.15, 0.2) is 12.4 Å². The number of aryl methyl sites for hydroxylation is 1. The van der Waals surface area contributed by atoms with E-state index >= 15 is 0 Å². The summed E-state index contributed by atoms with van der Waals surface area (Å²) in [7, 11) is 0. The van der Waals surface area contributed by atoms with Crippen molar-refractivity contribution in [3.63, 3.8) is 0 Å². The number of imidazole rings is 1. The minimum atomic E-state index is 0.216. The molecule has 0 bridgehead atoms. The van der Waals surface area contributed by atoms with Crippen molar-refractivity contribution in [2.75, 3.05) is 13.2 Å². The van der Waals surface area contributed by atoms with Crippen LogP contribution in [0, 0.1) is 0 Å². The number of nitrogens with zero attached hydrogens (tertiary/aromatic N) is 2. The SMILES string of the molecule is CCOCCCn1ccnc1CC(N)CC. The van der Waals surface area contributed by atoms with E-state index in [2.05, 4.69) is 16.5 Å². The van der Waals surface area contributed by atoms with E-state index in [0.29, 0.717) is 0 Å². The minimum Gasteiger partial charge on any atom is -0.382 e. The molecule has 0 saturated carbocycles. The van der Waals surface area contributed by atoms with Crippen molar-refractivity contribution in [3.8, 4) is 0 Å². The van der Waals surface area contributed by atoms with Crippen molar-refractivity contribution in [3.05, 3.63) is 18.2 Å². The molecule has 0 fully saturated rings. The molecule has 0 aliphatic carbocycles. The predicted octanol–water partition coefficient (Wildman–Crippen LogP) is 1.59. The van der Waals surface area contributed by atoms with Crippen LogP contribution in [0.2, 0.25) is 0 Å². The van der Waals surface area contributed by atoms with E-state index in [4.69, 9.17) is 10.5 Å². The molecule has 1 aromatic rings. The largest absolute Gasteiger partial charge is 0.382 e. The first-order valence-corrected chi connectivity index (χ1v) is 6.11. The molecule has 0 aromatic carbocycles. The van der Waals surface area contributed by atoms with Gasteiger partial charge in [-0.15, -0.1) is 0 Å². The highest BCUT2D eigenvalue weighted by atomic mass is 16.5. The van der Waals surface area contributed by atoms with Crippen LogP contribution >= 0.6 is 0 Å². The standard InChI is InChI=1S/C12H23N3O/c1-3-11(13)10-12-14-6-8-15(12)7-5-9-16-4-2/h6,8,11H,3-5,7,9-10,13H2,1-2H3. The third-order valence-electron chi connectivity index (χ3n) is 2.66. The fourth-order valence-electron chi connectivity index (χ4n) is 1.59. The van der Waals surface area contributed by atoms with E-state index in [1.54, 1.807) is 0 Å². The third-order valence-corrected chi connectivity index (χ3v) is 2.66. The maximum Gasteiger partial charge on any atom is 0.110 e. The first-order chi connectivity index (χ1) is 7.77. The quantitative estimate of drug-likeness (QED) is 0.684. The predicted molar refractivity (Wildman–Crippen MR) is 65.3 cm³/mol.